The second-order valence-corrected chi connectivity index (χ2v) is 11.5. The molecule has 1 aromatic heterocycles. The van der Waals surface area contributed by atoms with Gasteiger partial charge in [-0.05, 0) is 67.4 Å². The van der Waals surface area contributed by atoms with Crippen molar-refractivity contribution in [2.75, 3.05) is 64.5 Å². The third-order valence-electron chi connectivity index (χ3n) is 7.77. The Morgan fingerprint density at radius 1 is 1.09 bits per heavy atom. The van der Waals surface area contributed by atoms with Gasteiger partial charge in [-0.2, -0.15) is 9.97 Å². The molecule has 0 atom stereocenters. The quantitative estimate of drug-likeness (QED) is 0.181. The fourth-order valence-corrected chi connectivity index (χ4v) is 5.84. The summed E-state index contributed by atoms with van der Waals surface area (Å²) < 4.78 is 28.1. The fourth-order valence-electron chi connectivity index (χ4n) is 5.55. The van der Waals surface area contributed by atoms with Crippen molar-refractivity contribution in [3.8, 4) is 22.9 Å². The number of hydrogen-bond donors (Lipinski definition) is 2. The predicted molar refractivity (Wildman–Crippen MR) is 172 cm³/mol. The lowest BCUT2D eigenvalue weighted by molar-refractivity contribution is -0.118. The van der Waals surface area contributed by atoms with Gasteiger partial charge in [0, 0.05) is 44.1 Å². The lowest BCUT2D eigenvalue weighted by Gasteiger charge is -2.29. The molecule has 0 radical (unpaired) electrons. The van der Waals surface area contributed by atoms with Crippen molar-refractivity contribution in [3.63, 3.8) is 0 Å². The van der Waals surface area contributed by atoms with Crippen molar-refractivity contribution in [1.29, 1.82) is 0 Å². The molecule has 11 heteroatoms. The van der Waals surface area contributed by atoms with Crippen molar-refractivity contribution >= 4 is 45.0 Å². The molecule has 1 amide bonds. The molecule has 1 fully saturated rings. The van der Waals surface area contributed by atoms with Gasteiger partial charge in [-0.15, -0.1) is 0 Å². The number of aromatic hydroxyl groups is 1. The molecule has 1 saturated heterocycles. The van der Waals surface area contributed by atoms with Gasteiger partial charge >= 0.3 is 6.01 Å². The number of aromatic nitrogens is 2. The molecule has 0 aliphatic carbocycles. The second kappa shape index (κ2) is 14.8. The molecule has 1 aliphatic rings. The molecule has 234 valence electrons. The molecule has 2 N–H and O–H groups in total. The van der Waals surface area contributed by atoms with Crippen LogP contribution in [0.5, 0.6) is 11.8 Å². The number of ether oxygens (including phenoxy) is 2. The minimum atomic E-state index is -0.594. The Bertz CT molecular complexity index is 1610. The van der Waals surface area contributed by atoms with Crippen LogP contribution in [-0.4, -0.2) is 85.5 Å². The first-order chi connectivity index (χ1) is 21.3. The van der Waals surface area contributed by atoms with Gasteiger partial charge in [0.1, 0.15) is 17.1 Å². The maximum atomic E-state index is 16.5. The number of hydrogen-bond acceptors (Lipinski definition) is 8. The van der Waals surface area contributed by atoms with Gasteiger partial charge in [0.2, 0.25) is 5.91 Å². The minimum absolute atomic E-state index is 0.00616. The minimum Gasteiger partial charge on any atom is -0.508 e. The molecule has 4 aromatic rings. The zero-order chi connectivity index (χ0) is 31.1. The van der Waals surface area contributed by atoms with Gasteiger partial charge in [-0.25, -0.2) is 4.39 Å². The molecular weight excluding hydrogens is 585 g/mol. The summed E-state index contributed by atoms with van der Waals surface area (Å²) in [4.78, 5) is 24.5. The van der Waals surface area contributed by atoms with E-state index in [1.807, 2.05) is 29.2 Å². The van der Waals surface area contributed by atoms with Crippen LogP contribution in [0.3, 0.4) is 0 Å². The summed E-state index contributed by atoms with van der Waals surface area (Å²) in [5, 5.41) is 15.5. The van der Waals surface area contributed by atoms with E-state index in [4.69, 9.17) is 26.1 Å². The smallest absolute Gasteiger partial charge is 0.319 e. The number of carbonyl (C=O) groups excluding carboxylic acids is 1. The van der Waals surface area contributed by atoms with E-state index in [1.165, 1.54) is 13.0 Å². The number of halogens is 2. The van der Waals surface area contributed by atoms with Gasteiger partial charge in [0.25, 0.3) is 0 Å². The number of amides is 1. The largest absolute Gasteiger partial charge is 0.508 e. The van der Waals surface area contributed by atoms with Crippen LogP contribution in [0.25, 0.3) is 32.8 Å². The SMILES string of the molecule is CC(=O)NCCCCCN(C)CCCOc1nc(N2CCOCC2)c2cc(Cl)c(-c3cc(O)cc4ccccc34)c(F)c2n1. The van der Waals surface area contributed by atoms with E-state index in [1.54, 1.807) is 12.1 Å². The summed E-state index contributed by atoms with van der Waals surface area (Å²) in [7, 11) is 2.07. The van der Waals surface area contributed by atoms with Crippen molar-refractivity contribution in [2.45, 2.75) is 32.6 Å². The third-order valence-corrected chi connectivity index (χ3v) is 8.07. The molecular formula is C33H39ClFN5O4. The van der Waals surface area contributed by atoms with Crippen LogP contribution in [0.2, 0.25) is 5.02 Å². The average Bonchev–Trinajstić information content (AvgIpc) is 3.01. The molecule has 0 spiro atoms. The number of phenolic OH excluding ortho intramolecular Hbond substituents is 1. The zero-order valence-electron chi connectivity index (χ0n) is 25.2. The Morgan fingerprint density at radius 2 is 1.86 bits per heavy atom. The standard InChI is InChI=1S/C33H39ClFN5O4/c1-22(41)36-11-6-3-7-12-39(2)13-8-16-44-33-37-31-27(32(38-33)40-14-17-43-18-15-40)21-28(34)29(30(31)35)26-20-24(42)19-23-9-4-5-10-25(23)26/h4-5,9-10,19-21,42H,3,6-8,11-18H2,1-2H3,(H,36,41). The molecule has 0 unspecified atom stereocenters. The van der Waals surface area contributed by atoms with Crippen LogP contribution in [-0.2, 0) is 9.53 Å². The molecule has 0 saturated carbocycles. The van der Waals surface area contributed by atoms with E-state index in [2.05, 4.69) is 22.2 Å². The van der Waals surface area contributed by atoms with Crippen LogP contribution >= 0.6 is 11.6 Å². The highest BCUT2D eigenvalue weighted by atomic mass is 35.5. The summed E-state index contributed by atoms with van der Waals surface area (Å²) in [6.45, 7) is 6.66. The number of unbranched alkanes of at least 4 members (excludes halogenated alkanes) is 2. The van der Waals surface area contributed by atoms with Gasteiger partial charge < -0.3 is 29.7 Å². The summed E-state index contributed by atoms with van der Waals surface area (Å²) in [5.74, 6) is -0.0161. The van der Waals surface area contributed by atoms with Gasteiger partial charge in [0.15, 0.2) is 5.82 Å². The van der Waals surface area contributed by atoms with Crippen LogP contribution in [0.1, 0.15) is 32.6 Å². The lowest BCUT2D eigenvalue weighted by Crippen LogP contribution is -2.37. The fraction of sp³-hybridized carbons (Fsp3) is 0.424. The normalized spacial score (nSPS) is 13.6. The molecule has 5 rings (SSSR count). The van der Waals surface area contributed by atoms with Crippen molar-refractivity contribution in [3.05, 3.63) is 53.3 Å². The summed E-state index contributed by atoms with van der Waals surface area (Å²) in [5.41, 5.74) is 0.763. The van der Waals surface area contributed by atoms with Crippen LogP contribution in [0.15, 0.2) is 42.5 Å². The van der Waals surface area contributed by atoms with E-state index in [0.717, 1.165) is 49.5 Å². The Labute approximate surface area is 261 Å². The number of nitrogens with zero attached hydrogens (tertiary/aromatic N) is 4. The van der Waals surface area contributed by atoms with E-state index in [9.17, 15) is 9.90 Å². The number of nitrogens with one attached hydrogen (secondary N) is 1. The van der Waals surface area contributed by atoms with Crippen LogP contribution in [0, 0.1) is 5.82 Å². The number of anilines is 1. The Kier molecular flexibility index (Phi) is 10.7. The number of rotatable bonds is 13. The number of carbonyl (C=O) groups is 1. The van der Waals surface area contributed by atoms with Crippen molar-refractivity contribution in [1.82, 2.24) is 20.2 Å². The average molecular weight is 624 g/mol. The molecule has 0 bridgehead atoms. The Balaban J connectivity index is 1.36. The second-order valence-electron chi connectivity index (χ2n) is 11.1. The molecule has 1 aliphatic heterocycles. The van der Waals surface area contributed by atoms with Gasteiger partial charge in [0.05, 0.1) is 24.8 Å². The van der Waals surface area contributed by atoms with Crippen molar-refractivity contribution < 1.29 is 23.8 Å². The zero-order valence-corrected chi connectivity index (χ0v) is 26.0. The first-order valence-corrected chi connectivity index (χ1v) is 15.5. The predicted octanol–water partition coefficient (Wildman–Crippen LogP) is 5.79. The highest BCUT2D eigenvalue weighted by Gasteiger charge is 2.24. The number of phenols is 1. The van der Waals surface area contributed by atoms with E-state index >= 15 is 4.39 Å². The topological polar surface area (TPSA) is 100 Å². The Hall–Kier alpha value is -3.73. The number of benzene rings is 3. The summed E-state index contributed by atoms with van der Waals surface area (Å²) >= 11 is 6.78. The molecule has 9 nitrogen and oxygen atoms in total. The summed E-state index contributed by atoms with van der Waals surface area (Å²) in [6.07, 6.45) is 3.81. The Morgan fingerprint density at radius 3 is 2.66 bits per heavy atom. The lowest BCUT2D eigenvalue weighted by atomic mass is 9.96. The first kappa shape index (κ1) is 31.7. The molecule has 2 heterocycles. The van der Waals surface area contributed by atoms with Gasteiger partial charge in [-0.3, -0.25) is 4.79 Å². The monoisotopic (exact) mass is 623 g/mol. The number of morpholine rings is 1. The summed E-state index contributed by atoms with van der Waals surface area (Å²) in [6, 6.07) is 12.4. The van der Waals surface area contributed by atoms with E-state index < -0.39 is 5.82 Å². The maximum absolute atomic E-state index is 16.5. The van der Waals surface area contributed by atoms with Gasteiger partial charge in [-0.1, -0.05) is 42.3 Å². The van der Waals surface area contributed by atoms with E-state index in [-0.39, 0.29) is 33.8 Å². The maximum Gasteiger partial charge on any atom is 0.319 e. The highest BCUT2D eigenvalue weighted by Crippen LogP contribution is 2.42. The van der Waals surface area contributed by atoms with E-state index in [0.29, 0.717) is 56.2 Å². The van der Waals surface area contributed by atoms with Crippen molar-refractivity contribution in [2.24, 2.45) is 0 Å². The molecule has 44 heavy (non-hydrogen) atoms. The third kappa shape index (κ3) is 7.67. The number of fused-ring (bicyclic) bond motifs is 2. The van der Waals surface area contributed by atoms with Crippen LogP contribution < -0.4 is 15.0 Å². The highest BCUT2D eigenvalue weighted by molar-refractivity contribution is 6.35. The molecule has 3 aromatic carbocycles. The first-order valence-electron chi connectivity index (χ1n) is 15.1. The van der Waals surface area contributed by atoms with Crippen LogP contribution in [0.4, 0.5) is 10.2 Å².